The zero-order chi connectivity index (χ0) is 25.0. The van der Waals surface area contributed by atoms with Crippen molar-refractivity contribution >= 4 is 21.6 Å². The van der Waals surface area contributed by atoms with Crippen molar-refractivity contribution in [1.29, 1.82) is 0 Å². The van der Waals surface area contributed by atoms with Crippen LogP contribution in [0.3, 0.4) is 0 Å². The normalized spacial score (nSPS) is 15.1. The Morgan fingerprint density at radius 1 is 1.00 bits per heavy atom. The minimum Gasteiger partial charge on any atom is -0.493 e. The number of aryl methyl sites for hydroxylation is 2. The average molecular weight is 495 g/mol. The molecule has 7 nitrogen and oxygen atoms in total. The molecular formula is C27H30N2O5S. The fourth-order valence-electron chi connectivity index (χ4n) is 4.41. The molecule has 1 aliphatic carbocycles. The minimum absolute atomic E-state index is 0.105. The van der Waals surface area contributed by atoms with Crippen molar-refractivity contribution in [2.24, 2.45) is 0 Å². The fraction of sp³-hybridized carbons (Fsp3) is 0.296. The van der Waals surface area contributed by atoms with Crippen LogP contribution in [-0.4, -0.2) is 35.1 Å². The molecule has 0 fully saturated rings. The number of carbonyl (C=O) groups excluding carboxylic acids is 1. The SMILES string of the molecule is COc1ccc(N(CC(=O)N[C@@H]2CCCc3ccccc32)S(=O)(=O)c2ccc(C)cc2)cc1OC. The first kappa shape index (κ1) is 24.6. The van der Waals surface area contributed by atoms with Crippen LogP contribution in [-0.2, 0) is 21.2 Å². The van der Waals surface area contributed by atoms with Crippen LogP contribution in [0.15, 0.2) is 71.6 Å². The Morgan fingerprint density at radius 2 is 1.71 bits per heavy atom. The second-order valence-electron chi connectivity index (χ2n) is 8.58. The summed E-state index contributed by atoms with van der Waals surface area (Å²) in [4.78, 5) is 13.3. The molecule has 1 aliphatic rings. The van der Waals surface area contributed by atoms with Gasteiger partial charge in [-0.25, -0.2) is 8.42 Å². The highest BCUT2D eigenvalue weighted by Crippen LogP contribution is 2.34. The molecule has 0 unspecified atom stereocenters. The maximum Gasteiger partial charge on any atom is 0.264 e. The van der Waals surface area contributed by atoms with Gasteiger partial charge in [-0.05, 0) is 61.6 Å². The van der Waals surface area contributed by atoms with E-state index in [0.717, 1.165) is 34.7 Å². The number of carbonyl (C=O) groups is 1. The molecule has 0 spiro atoms. The molecule has 0 heterocycles. The van der Waals surface area contributed by atoms with E-state index in [1.807, 2.05) is 25.1 Å². The van der Waals surface area contributed by atoms with Crippen LogP contribution >= 0.6 is 0 Å². The summed E-state index contributed by atoms with van der Waals surface area (Å²) in [5.41, 5.74) is 3.55. The summed E-state index contributed by atoms with van der Waals surface area (Å²) >= 11 is 0. The lowest BCUT2D eigenvalue weighted by molar-refractivity contribution is -0.120. The van der Waals surface area contributed by atoms with E-state index in [4.69, 9.17) is 9.47 Å². The molecule has 0 aliphatic heterocycles. The van der Waals surface area contributed by atoms with Crippen molar-refractivity contribution in [3.63, 3.8) is 0 Å². The fourth-order valence-corrected chi connectivity index (χ4v) is 5.82. The van der Waals surface area contributed by atoms with Crippen molar-refractivity contribution < 1.29 is 22.7 Å². The molecule has 4 rings (SSSR count). The van der Waals surface area contributed by atoms with Gasteiger partial charge >= 0.3 is 0 Å². The smallest absolute Gasteiger partial charge is 0.264 e. The number of sulfonamides is 1. The predicted molar refractivity (Wildman–Crippen MR) is 136 cm³/mol. The molecule has 0 bridgehead atoms. The first-order valence-corrected chi connectivity index (χ1v) is 13.0. The average Bonchev–Trinajstić information content (AvgIpc) is 2.87. The van der Waals surface area contributed by atoms with E-state index in [0.29, 0.717) is 17.2 Å². The highest BCUT2D eigenvalue weighted by Gasteiger charge is 2.29. The summed E-state index contributed by atoms with van der Waals surface area (Å²) in [6.07, 6.45) is 2.74. The maximum atomic E-state index is 13.7. The van der Waals surface area contributed by atoms with Crippen LogP contribution in [0, 0.1) is 6.92 Å². The molecule has 0 saturated heterocycles. The standard InChI is InChI=1S/C27H30N2O5S/c1-19-11-14-22(15-12-19)35(31,32)29(21-13-16-25(33-2)26(17-21)34-3)18-27(30)28-24-10-6-8-20-7-4-5-9-23(20)24/h4-5,7,9,11-17,24H,6,8,10,18H2,1-3H3,(H,28,30)/t24-/m1/s1. The summed E-state index contributed by atoms with van der Waals surface area (Å²) in [5, 5.41) is 3.06. The third kappa shape index (κ3) is 5.27. The number of rotatable bonds is 8. The van der Waals surface area contributed by atoms with Crippen LogP contribution in [0.5, 0.6) is 11.5 Å². The summed E-state index contributed by atoms with van der Waals surface area (Å²) < 4.78 is 39.2. The van der Waals surface area contributed by atoms with Gasteiger partial charge in [0.25, 0.3) is 10.0 Å². The molecule has 1 amide bonds. The van der Waals surface area contributed by atoms with Gasteiger partial charge in [0, 0.05) is 6.07 Å². The van der Waals surface area contributed by atoms with E-state index in [2.05, 4.69) is 11.4 Å². The molecule has 35 heavy (non-hydrogen) atoms. The summed E-state index contributed by atoms with van der Waals surface area (Å²) in [6, 6.07) is 19.3. The van der Waals surface area contributed by atoms with Crippen molar-refractivity contribution in [2.75, 3.05) is 25.1 Å². The van der Waals surface area contributed by atoms with Gasteiger partial charge in [0.2, 0.25) is 5.91 Å². The number of ether oxygens (including phenoxy) is 2. The number of methoxy groups -OCH3 is 2. The number of hydrogen-bond acceptors (Lipinski definition) is 5. The van der Waals surface area contributed by atoms with Crippen LogP contribution in [0.4, 0.5) is 5.69 Å². The Balaban J connectivity index is 1.67. The highest BCUT2D eigenvalue weighted by atomic mass is 32.2. The second-order valence-corrected chi connectivity index (χ2v) is 10.4. The molecule has 3 aromatic rings. The van der Waals surface area contributed by atoms with Crippen LogP contribution in [0.25, 0.3) is 0 Å². The molecule has 8 heteroatoms. The predicted octanol–water partition coefficient (Wildman–Crippen LogP) is 4.40. The Labute approximate surface area is 206 Å². The van der Waals surface area contributed by atoms with E-state index >= 15 is 0 Å². The summed E-state index contributed by atoms with van der Waals surface area (Å²) in [5.74, 6) is 0.458. The van der Waals surface area contributed by atoms with Gasteiger partial charge in [-0.2, -0.15) is 0 Å². The molecular weight excluding hydrogens is 464 g/mol. The Kier molecular flexibility index (Phi) is 7.31. The van der Waals surface area contributed by atoms with Gasteiger partial charge in [0.15, 0.2) is 11.5 Å². The Hall–Kier alpha value is -3.52. The largest absolute Gasteiger partial charge is 0.493 e. The topological polar surface area (TPSA) is 84.9 Å². The van der Waals surface area contributed by atoms with Crippen molar-refractivity contribution in [1.82, 2.24) is 5.32 Å². The van der Waals surface area contributed by atoms with Crippen LogP contribution in [0.2, 0.25) is 0 Å². The van der Waals surface area contributed by atoms with E-state index in [1.165, 1.54) is 19.8 Å². The zero-order valence-electron chi connectivity index (χ0n) is 20.2. The third-order valence-electron chi connectivity index (χ3n) is 6.26. The third-order valence-corrected chi connectivity index (χ3v) is 8.04. The molecule has 0 radical (unpaired) electrons. The number of fused-ring (bicyclic) bond motifs is 1. The van der Waals surface area contributed by atoms with Crippen LogP contribution < -0.4 is 19.1 Å². The second kappa shape index (κ2) is 10.4. The monoisotopic (exact) mass is 494 g/mol. The number of benzene rings is 3. The minimum atomic E-state index is -4.04. The van der Waals surface area contributed by atoms with Crippen molar-refractivity contribution in [3.05, 3.63) is 83.4 Å². The molecule has 1 atom stereocenters. The first-order chi connectivity index (χ1) is 16.8. The lowest BCUT2D eigenvalue weighted by Gasteiger charge is -2.29. The van der Waals surface area contributed by atoms with Crippen LogP contribution in [0.1, 0.15) is 35.6 Å². The van der Waals surface area contributed by atoms with E-state index in [-0.39, 0.29) is 23.4 Å². The molecule has 0 aromatic heterocycles. The number of hydrogen-bond donors (Lipinski definition) is 1. The number of nitrogens with one attached hydrogen (secondary N) is 1. The van der Waals surface area contributed by atoms with Gasteiger partial charge < -0.3 is 14.8 Å². The van der Waals surface area contributed by atoms with Gasteiger partial charge in [-0.1, -0.05) is 42.0 Å². The molecule has 0 saturated carbocycles. The molecule has 1 N–H and O–H groups in total. The Bertz CT molecular complexity index is 1310. The molecule has 3 aromatic carbocycles. The zero-order valence-corrected chi connectivity index (χ0v) is 21.0. The molecule has 184 valence electrons. The number of anilines is 1. The lowest BCUT2D eigenvalue weighted by atomic mass is 9.88. The number of amides is 1. The van der Waals surface area contributed by atoms with E-state index in [9.17, 15) is 13.2 Å². The van der Waals surface area contributed by atoms with Crippen molar-refractivity contribution in [3.8, 4) is 11.5 Å². The van der Waals surface area contributed by atoms with Crippen molar-refractivity contribution in [2.45, 2.75) is 37.1 Å². The summed E-state index contributed by atoms with van der Waals surface area (Å²) in [7, 11) is -1.05. The number of nitrogens with zero attached hydrogens (tertiary/aromatic N) is 1. The van der Waals surface area contributed by atoms with E-state index < -0.39 is 10.0 Å². The van der Waals surface area contributed by atoms with Gasteiger partial charge in [0.1, 0.15) is 6.54 Å². The first-order valence-electron chi connectivity index (χ1n) is 11.5. The quantitative estimate of drug-likeness (QED) is 0.502. The highest BCUT2D eigenvalue weighted by molar-refractivity contribution is 7.92. The maximum absolute atomic E-state index is 13.7. The summed E-state index contributed by atoms with van der Waals surface area (Å²) in [6.45, 7) is 1.52. The Morgan fingerprint density at radius 3 is 2.43 bits per heavy atom. The van der Waals surface area contributed by atoms with Gasteiger partial charge in [0.05, 0.1) is 30.8 Å². The van der Waals surface area contributed by atoms with E-state index in [1.54, 1.807) is 42.5 Å². The lowest BCUT2D eigenvalue weighted by Crippen LogP contribution is -2.42. The van der Waals surface area contributed by atoms with Gasteiger partial charge in [-0.15, -0.1) is 0 Å². The van der Waals surface area contributed by atoms with Gasteiger partial charge in [-0.3, -0.25) is 9.10 Å².